The van der Waals surface area contributed by atoms with Gasteiger partial charge in [-0.25, -0.2) is 14.6 Å². The maximum Gasteiger partial charge on any atom is 0.228 e. The molecule has 1 saturated heterocycles. The van der Waals surface area contributed by atoms with Gasteiger partial charge in [0.15, 0.2) is 5.82 Å². The second-order valence-electron chi connectivity index (χ2n) is 6.36. The smallest absolute Gasteiger partial charge is 0.228 e. The third kappa shape index (κ3) is 4.45. The summed E-state index contributed by atoms with van der Waals surface area (Å²) in [6, 6.07) is 7.24. The van der Waals surface area contributed by atoms with Crippen LogP contribution in [0.2, 0.25) is 5.02 Å². The lowest BCUT2D eigenvalue weighted by molar-refractivity contribution is -0.115. The highest BCUT2D eigenvalue weighted by Crippen LogP contribution is 2.24. The van der Waals surface area contributed by atoms with E-state index in [0.29, 0.717) is 16.5 Å². The number of halogens is 1. The van der Waals surface area contributed by atoms with Crippen LogP contribution in [-0.4, -0.2) is 50.3 Å². The van der Waals surface area contributed by atoms with Crippen molar-refractivity contribution in [1.82, 2.24) is 19.7 Å². The van der Waals surface area contributed by atoms with Gasteiger partial charge in [0, 0.05) is 29.6 Å². The van der Waals surface area contributed by atoms with Gasteiger partial charge in [0.25, 0.3) is 0 Å². The largest absolute Gasteiger partial charge is 0.366 e. The number of carbonyl (C=O) groups excluding carboxylic acids is 1. The standard InChI is InChI=1S/C19H19ClN6OS/c20-15-3-1-14(2-4-15)9-18(27)24-16-10-23-26(12-16)19-17(11-21-13-22-19)25-5-7-28-8-6-25/h1-4,10-13H,5-9H2,(H,24,27). The molecule has 0 spiro atoms. The Morgan fingerprint density at radius 2 is 1.96 bits per heavy atom. The number of carbonyl (C=O) groups is 1. The molecule has 1 aromatic carbocycles. The summed E-state index contributed by atoms with van der Waals surface area (Å²) in [4.78, 5) is 23.2. The molecule has 1 aliphatic heterocycles. The van der Waals surface area contributed by atoms with Crippen LogP contribution in [0.15, 0.2) is 49.2 Å². The van der Waals surface area contributed by atoms with Crippen LogP contribution in [0.4, 0.5) is 11.4 Å². The van der Waals surface area contributed by atoms with E-state index in [4.69, 9.17) is 11.6 Å². The number of nitrogens with one attached hydrogen (secondary N) is 1. The molecule has 2 aromatic heterocycles. The SMILES string of the molecule is O=C(Cc1ccc(Cl)cc1)Nc1cnn(-c2ncncc2N2CCSCC2)c1. The van der Waals surface area contributed by atoms with Crippen LogP contribution in [0.3, 0.4) is 0 Å². The number of aromatic nitrogens is 4. The lowest BCUT2D eigenvalue weighted by atomic mass is 10.1. The number of anilines is 2. The van der Waals surface area contributed by atoms with Crippen LogP contribution in [0, 0.1) is 0 Å². The molecule has 0 saturated carbocycles. The molecule has 7 nitrogen and oxygen atoms in total. The first kappa shape index (κ1) is 18.8. The molecule has 1 aliphatic rings. The monoisotopic (exact) mass is 414 g/mol. The van der Waals surface area contributed by atoms with E-state index in [9.17, 15) is 4.79 Å². The molecule has 1 N–H and O–H groups in total. The predicted octanol–water partition coefficient (Wildman–Crippen LogP) is 3.05. The van der Waals surface area contributed by atoms with E-state index in [0.717, 1.165) is 35.8 Å². The number of benzene rings is 1. The first-order valence-electron chi connectivity index (χ1n) is 8.91. The minimum absolute atomic E-state index is 0.113. The highest BCUT2D eigenvalue weighted by molar-refractivity contribution is 7.99. The normalized spacial score (nSPS) is 14.1. The van der Waals surface area contributed by atoms with Crippen molar-refractivity contribution >= 4 is 40.6 Å². The molecule has 3 aromatic rings. The Kier molecular flexibility index (Phi) is 5.78. The fourth-order valence-corrected chi connectivity index (χ4v) is 4.04. The molecule has 1 fully saturated rings. The van der Waals surface area contributed by atoms with Gasteiger partial charge in [-0.2, -0.15) is 16.9 Å². The van der Waals surface area contributed by atoms with Gasteiger partial charge in [-0.15, -0.1) is 0 Å². The van der Waals surface area contributed by atoms with E-state index in [-0.39, 0.29) is 12.3 Å². The van der Waals surface area contributed by atoms with Crippen molar-refractivity contribution in [3.05, 3.63) is 59.8 Å². The van der Waals surface area contributed by atoms with Crippen molar-refractivity contribution < 1.29 is 4.79 Å². The number of nitrogens with zero attached hydrogens (tertiary/aromatic N) is 5. The lowest BCUT2D eigenvalue weighted by Gasteiger charge is -2.29. The minimum Gasteiger partial charge on any atom is -0.366 e. The van der Waals surface area contributed by atoms with Crippen molar-refractivity contribution in [2.45, 2.75) is 6.42 Å². The molecule has 1 amide bonds. The number of rotatable bonds is 5. The van der Waals surface area contributed by atoms with E-state index < -0.39 is 0 Å². The predicted molar refractivity (Wildman–Crippen MR) is 112 cm³/mol. The maximum atomic E-state index is 12.3. The molecule has 28 heavy (non-hydrogen) atoms. The Labute approximate surface area is 172 Å². The van der Waals surface area contributed by atoms with Gasteiger partial charge in [-0.3, -0.25) is 4.79 Å². The molecule has 4 rings (SSSR count). The summed E-state index contributed by atoms with van der Waals surface area (Å²) >= 11 is 7.83. The molecule has 3 heterocycles. The molecule has 0 aliphatic carbocycles. The van der Waals surface area contributed by atoms with Crippen molar-refractivity contribution in [3.8, 4) is 5.82 Å². The van der Waals surface area contributed by atoms with Crippen LogP contribution >= 0.6 is 23.4 Å². The van der Waals surface area contributed by atoms with Crippen molar-refractivity contribution in [2.75, 3.05) is 34.8 Å². The van der Waals surface area contributed by atoms with Gasteiger partial charge in [0.05, 0.1) is 30.7 Å². The van der Waals surface area contributed by atoms with Crippen LogP contribution < -0.4 is 10.2 Å². The third-order valence-electron chi connectivity index (χ3n) is 4.39. The number of hydrogen-bond donors (Lipinski definition) is 1. The molecule has 0 unspecified atom stereocenters. The highest BCUT2D eigenvalue weighted by Gasteiger charge is 2.18. The zero-order chi connectivity index (χ0) is 19.3. The quantitative estimate of drug-likeness (QED) is 0.691. The Morgan fingerprint density at radius 1 is 1.18 bits per heavy atom. The van der Waals surface area contributed by atoms with E-state index in [1.54, 1.807) is 29.2 Å². The van der Waals surface area contributed by atoms with E-state index in [1.807, 2.05) is 30.1 Å². The first-order chi connectivity index (χ1) is 13.7. The molecular weight excluding hydrogens is 396 g/mol. The topological polar surface area (TPSA) is 75.9 Å². The highest BCUT2D eigenvalue weighted by atomic mass is 35.5. The summed E-state index contributed by atoms with van der Waals surface area (Å²) in [5.41, 5.74) is 2.47. The fourth-order valence-electron chi connectivity index (χ4n) is 3.02. The van der Waals surface area contributed by atoms with Crippen LogP contribution in [0.1, 0.15) is 5.56 Å². The summed E-state index contributed by atoms with van der Waals surface area (Å²) in [5, 5.41) is 7.91. The Bertz CT molecular complexity index is 955. The number of thioether (sulfide) groups is 1. The van der Waals surface area contributed by atoms with Crippen molar-refractivity contribution in [2.24, 2.45) is 0 Å². The average Bonchev–Trinajstić information content (AvgIpc) is 3.18. The Morgan fingerprint density at radius 3 is 2.75 bits per heavy atom. The van der Waals surface area contributed by atoms with E-state index in [2.05, 4.69) is 25.3 Å². The molecule has 0 atom stereocenters. The number of amides is 1. The molecule has 0 bridgehead atoms. The summed E-state index contributed by atoms with van der Waals surface area (Å²) in [7, 11) is 0. The fraction of sp³-hybridized carbons (Fsp3) is 0.263. The Balaban J connectivity index is 1.47. The summed E-state index contributed by atoms with van der Waals surface area (Å²) in [5.74, 6) is 2.76. The Hall–Kier alpha value is -2.58. The zero-order valence-corrected chi connectivity index (χ0v) is 16.7. The molecular formula is C19H19ClN6OS. The summed E-state index contributed by atoms with van der Waals surface area (Å²) in [6.45, 7) is 1.91. The van der Waals surface area contributed by atoms with Gasteiger partial charge >= 0.3 is 0 Å². The second-order valence-corrected chi connectivity index (χ2v) is 8.02. The van der Waals surface area contributed by atoms with Gasteiger partial charge in [-0.1, -0.05) is 23.7 Å². The van der Waals surface area contributed by atoms with E-state index >= 15 is 0 Å². The first-order valence-corrected chi connectivity index (χ1v) is 10.4. The second kappa shape index (κ2) is 8.62. The van der Waals surface area contributed by atoms with Crippen LogP contribution in [0.5, 0.6) is 0 Å². The summed E-state index contributed by atoms with van der Waals surface area (Å²) in [6.07, 6.45) is 6.99. The van der Waals surface area contributed by atoms with Crippen molar-refractivity contribution in [1.29, 1.82) is 0 Å². The van der Waals surface area contributed by atoms with Gasteiger partial charge in [0.1, 0.15) is 12.0 Å². The van der Waals surface area contributed by atoms with Gasteiger partial charge in [-0.05, 0) is 17.7 Å². The summed E-state index contributed by atoms with van der Waals surface area (Å²) < 4.78 is 1.68. The number of hydrogen-bond acceptors (Lipinski definition) is 6. The van der Waals surface area contributed by atoms with Crippen molar-refractivity contribution in [3.63, 3.8) is 0 Å². The third-order valence-corrected chi connectivity index (χ3v) is 5.58. The minimum atomic E-state index is -0.113. The maximum absolute atomic E-state index is 12.3. The van der Waals surface area contributed by atoms with Crippen LogP contribution in [0.25, 0.3) is 5.82 Å². The zero-order valence-electron chi connectivity index (χ0n) is 15.1. The molecule has 144 valence electrons. The van der Waals surface area contributed by atoms with E-state index in [1.165, 1.54) is 6.33 Å². The average molecular weight is 415 g/mol. The molecule has 0 radical (unpaired) electrons. The van der Waals surface area contributed by atoms with Crippen LogP contribution in [-0.2, 0) is 11.2 Å². The van der Waals surface area contributed by atoms with Gasteiger partial charge < -0.3 is 10.2 Å². The molecule has 9 heteroatoms. The lowest BCUT2D eigenvalue weighted by Crippen LogP contribution is -2.33. The van der Waals surface area contributed by atoms with Gasteiger partial charge in [0.2, 0.25) is 5.91 Å².